The molecule has 0 aliphatic carbocycles. The first-order valence-corrected chi connectivity index (χ1v) is 4.70. The zero-order valence-corrected chi connectivity index (χ0v) is 8.74. The van der Waals surface area contributed by atoms with E-state index >= 15 is 0 Å². The summed E-state index contributed by atoms with van der Waals surface area (Å²) in [5, 5.41) is 9.07. The Balaban J connectivity index is 2.68. The van der Waals surface area contributed by atoms with Crippen LogP contribution in [0.15, 0.2) is 0 Å². The first kappa shape index (κ1) is 9.92. The molecule has 80 valence electrons. The van der Waals surface area contributed by atoms with Crippen molar-refractivity contribution in [3.8, 4) is 0 Å². The summed E-state index contributed by atoms with van der Waals surface area (Å²) in [5.74, 6) is -0.874. The lowest BCUT2D eigenvalue weighted by atomic mass is 10.0. The maximum atomic E-state index is 11.1. The van der Waals surface area contributed by atoms with E-state index in [1.54, 1.807) is 0 Å². The molecule has 0 bridgehead atoms. The standard InChI is InChI=1S/C10H13N3O2/c1-5-6-3-13(2)4-7(6)8(10(14)15)9(11)12-5/h3-4H2,1-2H3,(H2,11,12)(H,14,15). The lowest BCUT2D eigenvalue weighted by molar-refractivity contribution is 0.0696. The van der Waals surface area contributed by atoms with Gasteiger partial charge < -0.3 is 10.8 Å². The third-order valence-electron chi connectivity index (χ3n) is 2.72. The van der Waals surface area contributed by atoms with Crippen LogP contribution in [0.3, 0.4) is 0 Å². The lowest BCUT2D eigenvalue weighted by Crippen LogP contribution is -2.11. The van der Waals surface area contributed by atoms with Gasteiger partial charge in [0, 0.05) is 18.8 Å². The number of aryl methyl sites for hydroxylation is 1. The molecule has 3 N–H and O–H groups in total. The van der Waals surface area contributed by atoms with Crippen LogP contribution in [0.1, 0.15) is 27.2 Å². The molecule has 2 rings (SSSR count). The summed E-state index contributed by atoms with van der Waals surface area (Å²) in [7, 11) is 1.95. The molecule has 0 spiro atoms. The normalized spacial score (nSPS) is 15.3. The second kappa shape index (κ2) is 3.20. The second-order valence-corrected chi connectivity index (χ2v) is 3.89. The highest BCUT2D eigenvalue weighted by Gasteiger charge is 2.26. The van der Waals surface area contributed by atoms with E-state index in [1.165, 1.54) is 0 Å². The Labute approximate surface area is 87.5 Å². The van der Waals surface area contributed by atoms with Crippen molar-refractivity contribution in [2.75, 3.05) is 12.8 Å². The van der Waals surface area contributed by atoms with Gasteiger partial charge in [0.2, 0.25) is 0 Å². The molecule has 0 aromatic carbocycles. The third-order valence-corrected chi connectivity index (χ3v) is 2.72. The highest BCUT2D eigenvalue weighted by Crippen LogP contribution is 2.29. The number of hydrogen-bond acceptors (Lipinski definition) is 4. The quantitative estimate of drug-likeness (QED) is 0.705. The van der Waals surface area contributed by atoms with Crippen molar-refractivity contribution < 1.29 is 9.90 Å². The number of carboxylic acids is 1. The lowest BCUT2D eigenvalue weighted by Gasteiger charge is -2.08. The minimum absolute atomic E-state index is 0.119. The first-order chi connectivity index (χ1) is 7.00. The summed E-state index contributed by atoms with van der Waals surface area (Å²) in [6, 6.07) is 0. The Morgan fingerprint density at radius 1 is 1.47 bits per heavy atom. The number of pyridine rings is 1. The van der Waals surface area contributed by atoms with Gasteiger partial charge in [-0.05, 0) is 25.1 Å². The van der Waals surface area contributed by atoms with Crippen LogP contribution in [-0.2, 0) is 13.1 Å². The van der Waals surface area contributed by atoms with Gasteiger partial charge in [-0.1, -0.05) is 0 Å². The van der Waals surface area contributed by atoms with Crippen molar-refractivity contribution in [2.45, 2.75) is 20.0 Å². The van der Waals surface area contributed by atoms with Gasteiger partial charge in [0.25, 0.3) is 0 Å². The van der Waals surface area contributed by atoms with Crippen molar-refractivity contribution in [1.82, 2.24) is 9.88 Å². The van der Waals surface area contributed by atoms with Crippen molar-refractivity contribution in [3.05, 3.63) is 22.4 Å². The van der Waals surface area contributed by atoms with Crippen molar-refractivity contribution in [2.24, 2.45) is 0 Å². The van der Waals surface area contributed by atoms with Gasteiger partial charge in [-0.25, -0.2) is 9.78 Å². The predicted octanol–water partition coefficient (Wildman–Crippen LogP) is 0.616. The number of rotatable bonds is 1. The molecular weight excluding hydrogens is 194 g/mol. The molecule has 0 fully saturated rings. The maximum absolute atomic E-state index is 11.1. The van der Waals surface area contributed by atoms with Gasteiger partial charge in [0.1, 0.15) is 11.4 Å². The molecule has 15 heavy (non-hydrogen) atoms. The van der Waals surface area contributed by atoms with E-state index in [9.17, 15) is 4.79 Å². The molecule has 1 aromatic heterocycles. The Morgan fingerprint density at radius 2 is 2.07 bits per heavy atom. The number of aromatic nitrogens is 1. The average molecular weight is 207 g/mol. The van der Waals surface area contributed by atoms with Gasteiger partial charge in [-0.3, -0.25) is 4.90 Å². The Morgan fingerprint density at radius 3 is 2.67 bits per heavy atom. The van der Waals surface area contributed by atoms with Crippen molar-refractivity contribution >= 4 is 11.8 Å². The molecule has 0 saturated carbocycles. The van der Waals surface area contributed by atoms with Crippen LogP contribution in [0, 0.1) is 6.92 Å². The van der Waals surface area contributed by atoms with Gasteiger partial charge in [0.15, 0.2) is 0 Å². The van der Waals surface area contributed by atoms with E-state index in [0.717, 1.165) is 23.4 Å². The number of aromatic carboxylic acids is 1. The van der Waals surface area contributed by atoms with Crippen LogP contribution in [0.5, 0.6) is 0 Å². The van der Waals surface area contributed by atoms with Crippen LogP contribution in [0.25, 0.3) is 0 Å². The van der Waals surface area contributed by atoms with Crippen molar-refractivity contribution in [1.29, 1.82) is 0 Å². The SMILES string of the molecule is Cc1nc(N)c(C(=O)O)c2c1CN(C)C2. The molecule has 0 saturated heterocycles. The number of carboxylic acid groups (broad SMARTS) is 1. The number of nitrogens with zero attached hydrogens (tertiary/aromatic N) is 2. The minimum Gasteiger partial charge on any atom is -0.478 e. The summed E-state index contributed by atoms with van der Waals surface area (Å²) in [6.07, 6.45) is 0. The zero-order chi connectivity index (χ0) is 11.2. The summed E-state index contributed by atoms with van der Waals surface area (Å²) in [6.45, 7) is 3.24. The van der Waals surface area contributed by atoms with E-state index in [2.05, 4.69) is 4.98 Å². The molecule has 1 aromatic rings. The van der Waals surface area contributed by atoms with E-state index in [0.29, 0.717) is 6.54 Å². The topological polar surface area (TPSA) is 79.4 Å². The monoisotopic (exact) mass is 207 g/mol. The summed E-state index contributed by atoms with van der Waals surface area (Å²) in [5.41, 5.74) is 8.45. The third kappa shape index (κ3) is 1.45. The minimum atomic E-state index is -0.994. The van der Waals surface area contributed by atoms with E-state index in [-0.39, 0.29) is 11.4 Å². The van der Waals surface area contributed by atoms with Crippen LogP contribution in [-0.4, -0.2) is 28.0 Å². The number of nitrogen functional groups attached to an aromatic ring is 1. The van der Waals surface area contributed by atoms with Gasteiger partial charge in [0.05, 0.1) is 0 Å². The largest absolute Gasteiger partial charge is 0.478 e. The molecule has 0 radical (unpaired) electrons. The summed E-state index contributed by atoms with van der Waals surface area (Å²) >= 11 is 0. The molecule has 1 aliphatic rings. The number of nitrogens with two attached hydrogens (primary N) is 1. The molecule has 0 unspecified atom stereocenters. The molecule has 0 atom stereocenters. The van der Waals surface area contributed by atoms with Crippen molar-refractivity contribution in [3.63, 3.8) is 0 Å². The summed E-state index contributed by atoms with van der Waals surface area (Å²) < 4.78 is 0. The number of hydrogen-bond donors (Lipinski definition) is 2. The molecule has 5 nitrogen and oxygen atoms in total. The Bertz CT molecular complexity index is 443. The van der Waals surface area contributed by atoms with Gasteiger partial charge >= 0.3 is 5.97 Å². The Hall–Kier alpha value is -1.62. The molecule has 1 aliphatic heterocycles. The van der Waals surface area contributed by atoms with E-state index in [1.807, 2.05) is 18.9 Å². The average Bonchev–Trinajstić information content (AvgIpc) is 2.45. The maximum Gasteiger partial charge on any atom is 0.339 e. The fraction of sp³-hybridized carbons (Fsp3) is 0.400. The zero-order valence-electron chi connectivity index (χ0n) is 8.74. The number of anilines is 1. The van der Waals surface area contributed by atoms with E-state index in [4.69, 9.17) is 10.8 Å². The van der Waals surface area contributed by atoms with Crippen LogP contribution in [0.2, 0.25) is 0 Å². The van der Waals surface area contributed by atoms with Gasteiger partial charge in [-0.2, -0.15) is 0 Å². The number of carbonyl (C=O) groups is 1. The fourth-order valence-corrected chi connectivity index (χ4v) is 2.05. The predicted molar refractivity (Wildman–Crippen MR) is 55.5 cm³/mol. The van der Waals surface area contributed by atoms with Crippen LogP contribution in [0.4, 0.5) is 5.82 Å². The Kier molecular flexibility index (Phi) is 2.12. The second-order valence-electron chi connectivity index (χ2n) is 3.89. The van der Waals surface area contributed by atoms with Crippen LogP contribution < -0.4 is 5.73 Å². The number of fused-ring (bicyclic) bond motifs is 1. The highest BCUT2D eigenvalue weighted by atomic mass is 16.4. The van der Waals surface area contributed by atoms with Crippen LogP contribution >= 0.6 is 0 Å². The first-order valence-electron chi connectivity index (χ1n) is 4.70. The molecule has 5 heteroatoms. The highest BCUT2D eigenvalue weighted by molar-refractivity contribution is 5.95. The molecular formula is C10H13N3O2. The summed E-state index contributed by atoms with van der Waals surface area (Å²) in [4.78, 5) is 17.2. The fourth-order valence-electron chi connectivity index (χ4n) is 2.05. The smallest absolute Gasteiger partial charge is 0.339 e. The molecule has 0 amide bonds. The van der Waals surface area contributed by atoms with Gasteiger partial charge in [-0.15, -0.1) is 0 Å². The van der Waals surface area contributed by atoms with E-state index < -0.39 is 5.97 Å². The molecule has 2 heterocycles.